The minimum Gasteiger partial charge on any atom is -0.612 e. The molecule has 10 heteroatoms. The van der Waals surface area contributed by atoms with E-state index in [1.165, 1.54) is 0 Å². The molecule has 0 amide bonds. The Hall–Kier alpha value is -3.37. The van der Waals surface area contributed by atoms with Gasteiger partial charge in [0.15, 0.2) is 22.2 Å². The highest BCUT2D eigenvalue weighted by Gasteiger charge is 2.30. The first-order valence-corrected chi connectivity index (χ1v) is 13.7. The van der Waals surface area contributed by atoms with Crippen molar-refractivity contribution in [2.75, 3.05) is 11.6 Å². The average Bonchev–Trinajstić information content (AvgIpc) is 3.72. The summed E-state index contributed by atoms with van der Waals surface area (Å²) in [5.74, 6) is 1.18. The van der Waals surface area contributed by atoms with Crippen LogP contribution in [-0.4, -0.2) is 40.3 Å². The van der Waals surface area contributed by atoms with E-state index in [0.29, 0.717) is 29.5 Å². The summed E-state index contributed by atoms with van der Waals surface area (Å²) in [5.41, 5.74) is 4.43. The first kappa shape index (κ1) is 24.3. The van der Waals surface area contributed by atoms with Crippen molar-refractivity contribution in [2.24, 2.45) is 0 Å². The van der Waals surface area contributed by atoms with Gasteiger partial charge in [-0.15, -0.1) is 0 Å². The van der Waals surface area contributed by atoms with Gasteiger partial charge in [0, 0.05) is 18.5 Å². The monoisotopic (exact) mass is 503 g/mol. The molecule has 0 aliphatic heterocycles. The molecule has 1 unspecified atom stereocenters. The van der Waals surface area contributed by atoms with E-state index in [1.54, 1.807) is 23.3 Å². The molecule has 5 rings (SSSR count). The van der Waals surface area contributed by atoms with E-state index >= 15 is 0 Å². The van der Waals surface area contributed by atoms with Crippen LogP contribution in [0.3, 0.4) is 0 Å². The number of aryl methyl sites for hydroxylation is 1. The number of aromatic nitrogens is 6. The molecule has 3 aromatic heterocycles. The summed E-state index contributed by atoms with van der Waals surface area (Å²) >= 11 is -1.03. The van der Waals surface area contributed by atoms with Crippen LogP contribution < -0.4 is 10.9 Å². The molecule has 1 fully saturated rings. The SMILES string of the molecule is CC[C@@H](C)n1c(=O)c(NCc2ccc([S+](C)[O-])cc2)nc2cnc(-c3c(C)ncnc3C3CC3)nc21. The van der Waals surface area contributed by atoms with Gasteiger partial charge in [-0.05, 0) is 62.0 Å². The van der Waals surface area contributed by atoms with Crippen LogP contribution >= 0.6 is 0 Å². The van der Waals surface area contributed by atoms with Gasteiger partial charge in [-0.3, -0.25) is 9.36 Å². The number of hydrogen-bond acceptors (Lipinski definition) is 8. The number of nitrogens with one attached hydrogen (secondary N) is 1. The highest BCUT2D eigenvalue weighted by atomic mass is 32.2. The maximum absolute atomic E-state index is 13.6. The van der Waals surface area contributed by atoms with Crippen molar-refractivity contribution < 1.29 is 4.55 Å². The molecule has 1 aromatic carbocycles. The van der Waals surface area contributed by atoms with E-state index in [0.717, 1.165) is 46.7 Å². The minimum atomic E-state index is -1.03. The van der Waals surface area contributed by atoms with Gasteiger partial charge in [0.1, 0.15) is 18.1 Å². The van der Waals surface area contributed by atoms with Crippen molar-refractivity contribution in [3.8, 4) is 11.4 Å². The molecule has 0 bridgehead atoms. The lowest BCUT2D eigenvalue weighted by atomic mass is 10.1. The van der Waals surface area contributed by atoms with Gasteiger partial charge in [-0.1, -0.05) is 19.1 Å². The molecule has 186 valence electrons. The highest BCUT2D eigenvalue weighted by Crippen LogP contribution is 2.43. The number of hydrogen-bond donors (Lipinski definition) is 1. The Labute approximate surface area is 212 Å². The van der Waals surface area contributed by atoms with Crippen molar-refractivity contribution in [1.29, 1.82) is 0 Å². The zero-order valence-corrected chi connectivity index (χ0v) is 21.7. The fraction of sp³-hybridized carbons (Fsp3) is 0.385. The lowest BCUT2D eigenvalue weighted by Crippen LogP contribution is -2.28. The summed E-state index contributed by atoms with van der Waals surface area (Å²) < 4.78 is 13.3. The van der Waals surface area contributed by atoms with Crippen LogP contribution in [0.1, 0.15) is 62.0 Å². The van der Waals surface area contributed by atoms with Gasteiger partial charge in [-0.2, -0.15) is 0 Å². The molecule has 1 saturated carbocycles. The molecule has 1 aliphatic carbocycles. The standard InChI is InChI=1S/C26H29N7O2S/c1-5-15(2)33-25-20(13-28-23(32-25)21-16(3)29-14-30-22(21)18-8-9-18)31-24(26(33)34)27-12-17-6-10-19(11-7-17)36(4)35/h6-7,10-11,13-15,18H,5,8-9,12H2,1-4H3,(H,27,31)/t15-,36?/m1/s1. The third kappa shape index (κ3) is 4.70. The van der Waals surface area contributed by atoms with Crippen LogP contribution in [0.2, 0.25) is 0 Å². The molecular weight excluding hydrogens is 474 g/mol. The Balaban J connectivity index is 1.55. The van der Waals surface area contributed by atoms with E-state index in [-0.39, 0.29) is 17.4 Å². The maximum Gasteiger partial charge on any atom is 0.295 e. The van der Waals surface area contributed by atoms with Crippen molar-refractivity contribution >= 4 is 28.2 Å². The maximum atomic E-state index is 13.6. The van der Waals surface area contributed by atoms with Gasteiger partial charge in [-0.25, -0.2) is 24.9 Å². The minimum absolute atomic E-state index is 0.0823. The van der Waals surface area contributed by atoms with Gasteiger partial charge in [0.25, 0.3) is 5.56 Å². The normalized spacial score (nSPS) is 15.1. The van der Waals surface area contributed by atoms with Crippen LogP contribution in [0.25, 0.3) is 22.6 Å². The second kappa shape index (κ2) is 9.94. The van der Waals surface area contributed by atoms with Gasteiger partial charge < -0.3 is 9.87 Å². The van der Waals surface area contributed by atoms with Gasteiger partial charge in [0.2, 0.25) is 0 Å². The van der Waals surface area contributed by atoms with Crippen molar-refractivity contribution in [1.82, 2.24) is 29.5 Å². The molecule has 3 heterocycles. The number of benzene rings is 1. The van der Waals surface area contributed by atoms with Gasteiger partial charge in [0.05, 0.1) is 23.1 Å². The molecule has 36 heavy (non-hydrogen) atoms. The second-order valence-corrected chi connectivity index (χ2v) is 10.6. The van der Waals surface area contributed by atoms with Crippen molar-refractivity contribution in [3.05, 3.63) is 64.1 Å². The quantitative estimate of drug-likeness (QED) is 0.356. The summed E-state index contributed by atoms with van der Waals surface area (Å²) in [4.78, 5) is 37.3. The van der Waals surface area contributed by atoms with E-state index in [4.69, 9.17) is 4.98 Å². The fourth-order valence-electron chi connectivity index (χ4n) is 4.25. The first-order valence-electron chi connectivity index (χ1n) is 12.1. The molecular formula is C26H29N7O2S. The van der Waals surface area contributed by atoms with Gasteiger partial charge >= 0.3 is 0 Å². The van der Waals surface area contributed by atoms with Crippen molar-refractivity contribution in [2.45, 2.75) is 63.4 Å². The third-order valence-electron chi connectivity index (χ3n) is 6.63. The Morgan fingerprint density at radius 1 is 1.17 bits per heavy atom. The smallest absolute Gasteiger partial charge is 0.295 e. The molecule has 4 aromatic rings. The van der Waals surface area contributed by atoms with E-state index in [1.807, 2.05) is 45.0 Å². The summed E-state index contributed by atoms with van der Waals surface area (Å²) in [7, 11) is 0. The third-order valence-corrected chi connectivity index (χ3v) is 7.57. The second-order valence-electron chi connectivity index (χ2n) is 9.24. The van der Waals surface area contributed by atoms with Crippen LogP contribution in [0, 0.1) is 6.92 Å². The molecule has 1 aliphatic rings. The van der Waals surface area contributed by atoms with Crippen LogP contribution in [0.5, 0.6) is 0 Å². The predicted molar refractivity (Wildman–Crippen MR) is 140 cm³/mol. The molecule has 9 nitrogen and oxygen atoms in total. The molecule has 0 saturated heterocycles. The Morgan fingerprint density at radius 3 is 2.58 bits per heavy atom. The van der Waals surface area contributed by atoms with Crippen LogP contribution in [0.4, 0.5) is 5.82 Å². The zero-order valence-electron chi connectivity index (χ0n) is 20.9. The van der Waals surface area contributed by atoms with E-state index < -0.39 is 11.2 Å². The number of fused-ring (bicyclic) bond motifs is 1. The summed E-state index contributed by atoms with van der Waals surface area (Å²) in [6, 6.07) is 7.38. The molecule has 1 N–H and O–H groups in total. The summed E-state index contributed by atoms with van der Waals surface area (Å²) in [6.07, 6.45) is 7.88. The molecule has 0 spiro atoms. The van der Waals surface area contributed by atoms with E-state index in [2.05, 4.69) is 25.3 Å². The topological polar surface area (TPSA) is 122 Å². The fourth-order valence-corrected chi connectivity index (χ4v) is 4.77. The predicted octanol–water partition coefficient (Wildman–Crippen LogP) is 4.15. The summed E-state index contributed by atoms with van der Waals surface area (Å²) in [6.45, 7) is 6.39. The average molecular weight is 504 g/mol. The van der Waals surface area contributed by atoms with Crippen LogP contribution in [0.15, 0.2) is 46.5 Å². The van der Waals surface area contributed by atoms with E-state index in [9.17, 15) is 9.35 Å². The Bertz CT molecular complexity index is 1470. The Kier molecular flexibility index (Phi) is 6.72. The Morgan fingerprint density at radius 2 is 1.92 bits per heavy atom. The zero-order chi connectivity index (χ0) is 25.4. The highest BCUT2D eigenvalue weighted by molar-refractivity contribution is 7.90. The lowest BCUT2D eigenvalue weighted by molar-refractivity contribution is 0.526. The molecule has 0 radical (unpaired) electrons. The van der Waals surface area contributed by atoms with Crippen LogP contribution in [-0.2, 0) is 17.7 Å². The number of rotatable bonds is 8. The first-order chi connectivity index (χ1) is 17.4. The van der Waals surface area contributed by atoms with Crippen molar-refractivity contribution in [3.63, 3.8) is 0 Å². The lowest BCUT2D eigenvalue weighted by Gasteiger charge is -2.18. The number of anilines is 1. The largest absolute Gasteiger partial charge is 0.612 e. The molecule has 2 atom stereocenters. The summed E-state index contributed by atoms with van der Waals surface area (Å²) in [5, 5.41) is 3.18. The number of nitrogens with zero attached hydrogens (tertiary/aromatic N) is 6.